The standard InChI is InChI=1S/C12H14N4O2/c1-8-3-4-10(17)9(5-8)12(18)16(2)6-11-13-7-14-15-11/h3-5,7,17H,6H2,1-2H3,(H,13,14,15). The summed E-state index contributed by atoms with van der Waals surface area (Å²) in [4.78, 5) is 17.6. The fraction of sp³-hybridized carbons (Fsp3) is 0.250. The molecule has 0 unspecified atom stereocenters. The Morgan fingerprint density at radius 2 is 2.28 bits per heavy atom. The third-order valence-electron chi connectivity index (χ3n) is 2.58. The molecule has 2 rings (SSSR count). The highest BCUT2D eigenvalue weighted by atomic mass is 16.3. The van der Waals surface area contributed by atoms with E-state index in [1.165, 1.54) is 17.3 Å². The number of benzene rings is 1. The van der Waals surface area contributed by atoms with Gasteiger partial charge in [0.15, 0.2) is 0 Å². The molecular weight excluding hydrogens is 232 g/mol. The fourth-order valence-corrected chi connectivity index (χ4v) is 1.63. The second-order valence-corrected chi connectivity index (χ2v) is 4.11. The fourth-order valence-electron chi connectivity index (χ4n) is 1.63. The molecule has 1 amide bonds. The van der Waals surface area contributed by atoms with Crippen LogP contribution in [0.15, 0.2) is 24.5 Å². The van der Waals surface area contributed by atoms with Gasteiger partial charge < -0.3 is 10.0 Å². The summed E-state index contributed by atoms with van der Waals surface area (Å²) in [5.74, 6) is 0.320. The molecule has 0 aliphatic rings. The van der Waals surface area contributed by atoms with Crippen molar-refractivity contribution >= 4 is 5.91 Å². The summed E-state index contributed by atoms with van der Waals surface area (Å²) in [7, 11) is 1.65. The number of rotatable bonds is 3. The Hall–Kier alpha value is -2.37. The second kappa shape index (κ2) is 4.87. The number of phenolic OH excluding ortho intramolecular Hbond substituents is 1. The molecule has 0 saturated heterocycles. The number of nitrogens with one attached hydrogen (secondary N) is 1. The van der Waals surface area contributed by atoms with Gasteiger partial charge in [-0.25, -0.2) is 4.98 Å². The first-order valence-electron chi connectivity index (χ1n) is 5.47. The predicted molar refractivity (Wildman–Crippen MR) is 65.0 cm³/mol. The average molecular weight is 246 g/mol. The molecular formula is C12H14N4O2. The number of nitrogens with zero attached hydrogens (tertiary/aromatic N) is 3. The van der Waals surface area contributed by atoms with Crippen LogP contribution >= 0.6 is 0 Å². The Bertz CT molecular complexity index is 551. The van der Waals surface area contributed by atoms with Gasteiger partial charge in [-0.15, -0.1) is 0 Å². The van der Waals surface area contributed by atoms with Gasteiger partial charge >= 0.3 is 0 Å². The molecule has 2 N–H and O–H groups in total. The Balaban J connectivity index is 2.17. The van der Waals surface area contributed by atoms with Gasteiger partial charge in [-0.1, -0.05) is 11.6 Å². The Morgan fingerprint density at radius 3 is 2.94 bits per heavy atom. The summed E-state index contributed by atoms with van der Waals surface area (Å²) in [5, 5.41) is 16.1. The lowest BCUT2D eigenvalue weighted by atomic mass is 10.1. The van der Waals surface area contributed by atoms with Crippen LogP contribution in [0.3, 0.4) is 0 Å². The smallest absolute Gasteiger partial charge is 0.257 e. The minimum atomic E-state index is -0.257. The lowest BCUT2D eigenvalue weighted by Crippen LogP contribution is -2.26. The van der Waals surface area contributed by atoms with E-state index in [9.17, 15) is 9.90 Å². The third kappa shape index (κ3) is 2.48. The van der Waals surface area contributed by atoms with Gasteiger partial charge in [0.05, 0.1) is 12.1 Å². The molecule has 0 aliphatic carbocycles. The zero-order chi connectivity index (χ0) is 13.1. The summed E-state index contributed by atoms with van der Waals surface area (Å²) in [6.07, 6.45) is 1.39. The van der Waals surface area contributed by atoms with Gasteiger partial charge in [0.1, 0.15) is 17.9 Å². The molecule has 0 bridgehead atoms. The van der Waals surface area contributed by atoms with Crippen molar-refractivity contribution in [3.8, 4) is 5.75 Å². The van der Waals surface area contributed by atoms with Crippen LogP contribution in [-0.2, 0) is 6.54 Å². The number of hydrogen-bond donors (Lipinski definition) is 2. The topological polar surface area (TPSA) is 82.1 Å². The number of aromatic hydroxyl groups is 1. The number of hydrogen-bond acceptors (Lipinski definition) is 4. The molecule has 0 radical (unpaired) electrons. The predicted octanol–water partition coefficient (Wildman–Crippen LogP) is 1.09. The highest BCUT2D eigenvalue weighted by Gasteiger charge is 2.16. The van der Waals surface area contributed by atoms with Crippen LogP contribution in [0.1, 0.15) is 21.7 Å². The lowest BCUT2D eigenvalue weighted by molar-refractivity contribution is 0.0778. The maximum atomic E-state index is 12.1. The van der Waals surface area contributed by atoms with Crippen molar-refractivity contribution < 1.29 is 9.90 Å². The summed E-state index contributed by atoms with van der Waals surface area (Å²) in [6, 6.07) is 4.93. The van der Waals surface area contributed by atoms with Crippen LogP contribution in [0.5, 0.6) is 5.75 Å². The number of aromatic amines is 1. The molecule has 94 valence electrons. The molecule has 0 fully saturated rings. The number of aromatic nitrogens is 3. The van der Waals surface area contributed by atoms with Crippen molar-refractivity contribution in [1.82, 2.24) is 20.1 Å². The van der Waals surface area contributed by atoms with Gasteiger partial charge in [0, 0.05) is 7.05 Å². The minimum Gasteiger partial charge on any atom is -0.507 e. The molecule has 1 aromatic carbocycles. The monoisotopic (exact) mass is 246 g/mol. The number of H-pyrrole nitrogens is 1. The van der Waals surface area contributed by atoms with E-state index in [2.05, 4.69) is 15.2 Å². The first-order chi connectivity index (χ1) is 8.58. The van der Waals surface area contributed by atoms with Crippen LogP contribution in [0.4, 0.5) is 0 Å². The van der Waals surface area contributed by atoms with Crippen LogP contribution in [0.2, 0.25) is 0 Å². The van der Waals surface area contributed by atoms with Crippen molar-refractivity contribution in [3.63, 3.8) is 0 Å². The molecule has 18 heavy (non-hydrogen) atoms. The summed E-state index contributed by atoms with van der Waals surface area (Å²) in [6.45, 7) is 2.18. The molecule has 6 nitrogen and oxygen atoms in total. The Kier molecular flexibility index (Phi) is 3.27. The van der Waals surface area contributed by atoms with Gasteiger partial charge in [0.25, 0.3) is 5.91 Å². The van der Waals surface area contributed by atoms with E-state index in [-0.39, 0.29) is 17.2 Å². The van der Waals surface area contributed by atoms with E-state index >= 15 is 0 Å². The van der Waals surface area contributed by atoms with E-state index < -0.39 is 0 Å². The van der Waals surface area contributed by atoms with Gasteiger partial charge in [0.2, 0.25) is 0 Å². The average Bonchev–Trinajstić information content (AvgIpc) is 2.84. The molecule has 0 spiro atoms. The molecule has 0 aliphatic heterocycles. The minimum absolute atomic E-state index is 0.0185. The molecule has 2 aromatic rings. The van der Waals surface area contributed by atoms with Crippen LogP contribution in [-0.4, -0.2) is 38.1 Å². The van der Waals surface area contributed by atoms with E-state index in [0.717, 1.165) is 5.56 Å². The second-order valence-electron chi connectivity index (χ2n) is 4.11. The van der Waals surface area contributed by atoms with Crippen molar-refractivity contribution in [2.75, 3.05) is 7.05 Å². The van der Waals surface area contributed by atoms with Crippen molar-refractivity contribution in [3.05, 3.63) is 41.5 Å². The number of carbonyl (C=O) groups is 1. The Labute approximate surface area is 104 Å². The quantitative estimate of drug-likeness (QED) is 0.849. The van der Waals surface area contributed by atoms with Crippen molar-refractivity contribution in [1.29, 1.82) is 0 Å². The van der Waals surface area contributed by atoms with Crippen molar-refractivity contribution in [2.45, 2.75) is 13.5 Å². The SMILES string of the molecule is Cc1ccc(O)c(C(=O)N(C)Cc2ncn[nH]2)c1. The maximum absolute atomic E-state index is 12.1. The summed E-state index contributed by atoms with van der Waals surface area (Å²) < 4.78 is 0. The number of amides is 1. The van der Waals surface area contributed by atoms with Gasteiger partial charge in [-0.05, 0) is 19.1 Å². The summed E-state index contributed by atoms with van der Waals surface area (Å²) in [5.41, 5.74) is 1.21. The maximum Gasteiger partial charge on any atom is 0.257 e. The number of carbonyl (C=O) groups excluding carboxylic acids is 1. The largest absolute Gasteiger partial charge is 0.507 e. The lowest BCUT2D eigenvalue weighted by Gasteiger charge is -2.16. The van der Waals surface area contributed by atoms with Gasteiger partial charge in [-0.3, -0.25) is 9.89 Å². The highest BCUT2D eigenvalue weighted by Crippen LogP contribution is 2.20. The number of phenols is 1. The van der Waals surface area contributed by atoms with Crippen LogP contribution in [0.25, 0.3) is 0 Å². The van der Waals surface area contributed by atoms with Crippen LogP contribution in [0, 0.1) is 6.92 Å². The highest BCUT2D eigenvalue weighted by molar-refractivity contribution is 5.96. The first kappa shape index (κ1) is 12.1. The zero-order valence-corrected chi connectivity index (χ0v) is 10.2. The molecule has 6 heteroatoms. The molecule has 0 saturated carbocycles. The van der Waals surface area contributed by atoms with E-state index in [1.54, 1.807) is 19.2 Å². The third-order valence-corrected chi connectivity index (χ3v) is 2.58. The number of aryl methyl sites for hydroxylation is 1. The summed E-state index contributed by atoms with van der Waals surface area (Å²) >= 11 is 0. The van der Waals surface area contributed by atoms with E-state index in [4.69, 9.17) is 0 Å². The van der Waals surface area contributed by atoms with Crippen LogP contribution < -0.4 is 0 Å². The van der Waals surface area contributed by atoms with Crippen molar-refractivity contribution in [2.24, 2.45) is 0 Å². The van der Waals surface area contributed by atoms with E-state index in [0.29, 0.717) is 12.4 Å². The van der Waals surface area contributed by atoms with E-state index in [1.807, 2.05) is 6.92 Å². The molecule has 0 atom stereocenters. The first-order valence-corrected chi connectivity index (χ1v) is 5.47. The molecule has 1 aromatic heterocycles. The Morgan fingerprint density at radius 1 is 1.50 bits per heavy atom. The zero-order valence-electron chi connectivity index (χ0n) is 10.2. The normalized spacial score (nSPS) is 10.3. The molecule has 1 heterocycles. The van der Waals surface area contributed by atoms with Gasteiger partial charge in [-0.2, -0.15) is 5.10 Å².